The molecule has 0 saturated heterocycles. The maximum absolute atomic E-state index is 11.4. The number of hydrogen-bond acceptors (Lipinski definition) is 4. The van der Waals surface area contributed by atoms with Gasteiger partial charge in [-0.2, -0.15) is 0 Å². The van der Waals surface area contributed by atoms with Gasteiger partial charge in [-0.1, -0.05) is 0 Å². The fourth-order valence-corrected chi connectivity index (χ4v) is 1.82. The number of amides is 3. The second-order valence-electron chi connectivity index (χ2n) is 2.80. The van der Waals surface area contributed by atoms with Crippen molar-refractivity contribution in [2.75, 3.05) is 0 Å². The predicted octanol–water partition coefficient (Wildman–Crippen LogP) is -1.21. The summed E-state index contributed by atoms with van der Waals surface area (Å²) in [6.07, 6.45) is 0. The van der Waals surface area contributed by atoms with E-state index in [0.29, 0.717) is 0 Å². The van der Waals surface area contributed by atoms with Gasteiger partial charge in [0.2, 0.25) is 5.91 Å². The molecule has 0 aliphatic carbocycles. The van der Waals surface area contributed by atoms with E-state index in [9.17, 15) is 18.6 Å². The molecule has 0 spiro atoms. The highest BCUT2D eigenvalue weighted by atomic mass is 32.2. The Morgan fingerprint density at radius 3 is 2.07 bits per heavy atom. The van der Waals surface area contributed by atoms with Crippen LogP contribution in [0.25, 0.3) is 0 Å². The second-order valence-corrected chi connectivity index (χ2v) is 4.88. The Morgan fingerprint density at radius 2 is 1.73 bits per heavy atom. The van der Waals surface area contributed by atoms with Crippen molar-refractivity contribution in [3.63, 3.8) is 0 Å². The van der Waals surface area contributed by atoms with Gasteiger partial charge < -0.3 is 10.8 Å². The molecule has 7 nitrogen and oxygen atoms in total. The molecule has 0 aliphatic rings. The fourth-order valence-electron chi connectivity index (χ4n) is 0.734. The number of nitrogens with two attached hydrogens (primary N) is 1. The van der Waals surface area contributed by atoms with E-state index in [1.165, 1.54) is 13.8 Å². The Kier molecular flexibility index (Phi) is 4.92. The number of carboxylic acids is 1. The van der Waals surface area contributed by atoms with E-state index in [4.69, 9.17) is 5.11 Å². The van der Waals surface area contributed by atoms with Crippen molar-refractivity contribution in [2.45, 2.75) is 24.3 Å². The number of carbonyl (C=O) groups excluding carboxylic acids is 2. The summed E-state index contributed by atoms with van der Waals surface area (Å²) in [5, 5.41) is 7.99. The standard InChI is InChI=1S/C7H12N2O5S/c1-3(5(10)9-7(8)13)15(14)4(2)6(11)12/h3-4H,1-2H3,(H,11,12)(H3,8,9,10,13). The van der Waals surface area contributed by atoms with Gasteiger partial charge in [0.25, 0.3) is 0 Å². The van der Waals surface area contributed by atoms with Crippen LogP contribution in [0.1, 0.15) is 13.8 Å². The van der Waals surface area contributed by atoms with Gasteiger partial charge in [-0.25, -0.2) is 4.79 Å². The summed E-state index contributed by atoms with van der Waals surface area (Å²) in [6.45, 7) is 2.47. The number of imide groups is 1. The lowest BCUT2D eigenvalue weighted by Crippen LogP contribution is -2.44. The van der Waals surface area contributed by atoms with Crippen molar-refractivity contribution in [3.05, 3.63) is 0 Å². The van der Waals surface area contributed by atoms with Gasteiger partial charge in [-0.15, -0.1) is 0 Å². The van der Waals surface area contributed by atoms with Crippen molar-refractivity contribution < 1.29 is 23.7 Å². The van der Waals surface area contributed by atoms with Crippen molar-refractivity contribution in [3.8, 4) is 0 Å². The van der Waals surface area contributed by atoms with E-state index in [2.05, 4.69) is 5.73 Å². The third-order valence-electron chi connectivity index (χ3n) is 1.66. The summed E-state index contributed by atoms with van der Waals surface area (Å²) in [4.78, 5) is 31.9. The normalized spacial score (nSPS) is 16.1. The zero-order valence-electron chi connectivity index (χ0n) is 8.22. The topological polar surface area (TPSA) is 127 Å². The van der Waals surface area contributed by atoms with Gasteiger partial charge >= 0.3 is 12.0 Å². The number of carbonyl (C=O) groups is 3. The van der Waals surface area contributed by atoms with Crippen LogP contribution in [0.4, 0.5) is 4.79 Å². The molecular formula is C7H12N2O5S. The first-order valence-electron chi connectivity index (χ1n) is 3.99. The summed E-state index contributed by atoms with van der Waals surface area (Å²) in [5.41, 5.74) is 4.68. The molecule has 0 aromatic rings. The minimum atomic E-state index is -1.91. The lowest BCUT2D eigenvalue weighted by molar-refractivity contribution is -0.136. The molecule has 0 fully saturated rings. The Morgan fingerprint density at radius 1 is 1.27 bits per heavy atom. The van der Waals surface area contributed by atoms with Crippen LogP contribution in [0, 0.1) is 0 Å². The first-order chi connectivity index (χ1) is 6.77. The number of aliphatic carboxylic acids is 1. The van der Waals surface area contributed by atoms with Crippen LogP contribution in [0.15, 0.2) is 0 Å². The molecule has 0 bridgehead atoms. The van der Waals surface area contributed by atoms with Crippen molar-refractivity contribution in [1.29, 1.82) is 0 Å². The number of primary amides is 1. The zero-order valence-corrected chi connectivity index (χ0v) is 9.04. The van der Waals surface area contributed by atoms with Crippen LogP contribution >= 0.6 is 0 Å². The first kappa shape index (κ1) is 13.6. The molecule has 0 aromatic carbocycles. The molecule has 15 heavy (non-hydrogen) atoms. The molecule has 0 radical (unpaired) electrons. The quantitative estimate of drug-likeness (QED) is 0.564. The molecule has 0 aliphatic heterocycles. The lowest BCUT2D eigenvalue weighted by atomic mass is 10.4. The first-order valence-corrected chi connectivity index (χ1v) is 5.27. The van der Waals surface area contributed by atoms with Crippen molar-refractivity contribution in [1.82, 2.24) is 5.32 Å². The van der Waals surface area contributed by atoms with Crippen molar-refractivity contribution in [2.24, 2.45) is 5.73 Å². The van der Waals surface area contributed by atoms with Gasteiger partial charge in [-0.05, 0) is 13.8 Å². The number of hydrogen-bond donors (Lipinski definition) is 3. The fraction of sp³-hybridized carbons (Fsp3) is 0.571. The molecular weight excluding hydrogens is 224 g/mol. The highest BCUT2D eigenvalue weighted by molar-refractivity contribution is 7.87. The number of nitrogens with one attached hydrogen (secondary N) is 1. The SMILES string of the molecule is CC(C(=O)O)S(=O)C(C)C(=O)NC(N)=O. The zero-order chi connectivity index (χ0) is 12.2. The molecule has 0 saturated carbocycles. The van der Waals surface area contributed by atoms with Gasteiger partial charge in [0, 0.05) is 10.8 Å². The van der Waals surface area contributed by atoms with Crippen LogP contribution in [0.5, 0.6) is 0 Å². The molecule has 3 atom stereocenters. The highest BCUT2D eigenvalue weighted by Gasteiger charge is 2.29. The maximum Gasteiger partial charge on any atom is 0.319 e. The Labute approximate surface area is 88.5 Å². The average Bonchev–Trinajstić information content (AvgIpc) is 2.13. The van der Waals surface area contributed by atoms with Gasteiger partial charge in [0.1, 0.15) is 10.5 Å². The molecule has 3 unspecified atom stereocenters. The van der Waals surface area contributed by atoms with E-state index in [1.807, 2.05) is 0 Å². The third kappa shape index (κ3) is 4.07. The summed E-state index contributed by atoms with van der Waals surface area (Å²) >= 11 is 0. The predicted molar refractivity (Wildman–Crippen MR) is 52.4 cm³/mol. The summed E-state index contributed by atoms with van der Waals surface area (Å²) < 4.78 is 11.4. The van der Waals surface area contributed by atoms with Crippen LogP contribution < -0.4 is 11.1 Å². The Hall–Kier alpha value is -1.44. The molecule has 0 rings (SSSR count). The van der Waals surface area contributed by atoms with E-state index in [-0.39, 0.29) is 0 Å². The van der Waals surface area contributed by atoms with Crippen LogP contribution in [-0.4, -0.2) is 37.7 Å². The Balaban J connectivity index is 4.51. The molecule has 3 amide bonds. The van der Waals surface area contributed by atoms with Crippen LogP contribution in [0.3, 0.4) is 0 Å². The van der Waals surface area contributed by atoms with Crippen molar-refractivity contribution >= 4 is 28.7 Å². The monoisotopic (exact) mass is 236 g/mol. The Bertz CT molecular complexity index is 317. The molecule has 86 valence electrons. The number of rotatable bonds is 4. The third-order valence-corrected chi connectivity index (χ3v) is 3.47. The second kappa shape index (κ2) is 5.44. The minimum absolute atomic E-state index is 0.853. The van der Waals surface area contributed by atoms with E-state index < -0.39 is 39.2 Å². The lowest BCUT2D eigenvalue weighted by Gasteiger charge is -2.12. The van der Waals surface area contributed by atoms with Gasteiger partial charge in [0.05, 0.1) is 0 Å². The molecule has 4 N–H and O–H groups in total. The summed E-state index contributed by atoms with van der Waals surface area (Å²) in [6, 6.07) is -1.06. The smallest absolute Gasteiger partial charge is 0.319 e. The van der Waals surface area contributed by atoms with Gasteiger partial charge in [-0.3, -0.25) is 19.1 Å². The summed E-state index contributed by atoms with van der Waals surface area (Å²) in [5.74, 6) is -2.12. The molecule has 8 heteroatoms. The summed E-state index contributed by atoms with van der Waals surface area (Å²) in [7, 11) is -1.91. The van der Waals surface area contributed by atoms with E-state index in [1.54, 1.807) is 5.32 Å². The largest absolute Gasteiger partial charge is 0.480 e. The van der Waals surface area contributed by atoms with Gasteiger partial charge in [0.15, 0.2) is 0 Å². The van der Waals surface area contributed by atoms with E-state index in [0.717, 1.165) is 0 Å². The number of carboxylic acid groups (broad SMARTS) is 1. The van der Waals surface area contributed by atoms with E-state index >= 15 is 0 Å². The average molecular weight is 236 g/mol. The number of urea groups is 1. The van der Waals surface area contributed by atoms with Crippen LogP contribution in [0.2, 0.25) is 0 Å². The maximum atomic E-state index is 11.4. The molecule has 0 heterocycles. The highest BCUT2D eigenvalue weighted by Crippen LogP contribution is 2.04. The van der Waals surface area contributed by atoms with Crippen LogP contribution in [-0.2, 0) is 20.4 Å². The molecule has 0 aromatic heterocycles. The minimum Gasteiger partial charge on any atom is -0.480 e.